The maximum atomic E-state index is 13.0. The van der Waals surface area contributed by atoms with Crippen molar-refractivity contribution >= 4 is 11.6 Å². The number of benzene rings is 2. The molecule has 6 heteroatoms. The maximum absolute atomic E-state index is 13.0. The van der Waals surface area contributed by atoms with Crippen LogP contribution in [-0.4, -0.2) is 37.0 Å². The SMILES string of the molecule is C=C.CNc1ccc(-c2cc(F)cc(F)c2)cc1.NC1CCN(C(=O)C2CCCCC2)CC1. The van der Waals surface area contributed by atoms with Crippen molar-refractivity contribution in [1.29, 1.82) is 0 Å². The Labute approximate surface area is 196 Å². The largest absolute Gasteiger partial charge is 0.388 e. The highest BCUT2D eigenvalue weighted by molar-refractivity contribution is 5.79. The van der Waals surface area contributed by atoms with E-state index in [0.29, 0.717) is 23.4 Å². The predicted octanol–water partition coefficient (Wildman–Crippen LogP) is 5.99. The third-order valence-electron chi connectivity index (χ3n) is 6.18. The third-order valence-corrected chi connectivity index (χ3v) is 6.18. The number of carbonyl (C=O) groups excluding carboxylic acids is 1. The molecule has 2 aliphatic rings. The zero-order chi connectivity index (χ0) is 24.2. The van der Waals surface area contributed by atoms with Gasteiger partial charge in [0.1, 0.15) is 11.6 Å². The molecule has 0 aromatic heterocycles. The summed E-state index contributed by atoms with van der Waals surface area (Å²) in [5, 5.41) is 2.98. The summed E-state index contributed by atoms with van der Waals surface area (Å²) in [6.45, 7) is 7.77. The first-order chi connectivity index (χ1) is 16.0. The van der Waals surface area contributed by atoms with Crippen LogP contribution in [0.25, 0.3) is 11.1 Å². The minimum Gasteiger partial charge on any atom is -0.388 e. The van der Waals surface area contributed by atoms with Gasteiger partial charge in [-0.1, -0.05) is 31.4 Å². The molecule has 1 amide bonds. The van der Waals surface area contributed by atoms with E-state index in [9.17, 15) is 13.6 Å². The summed E-state index contributed by atoms with van der Waals surface area (Å²) in [4.78, 5) is 14.2. The number of nitrogens with zero attached hydrogens (tertiary/aromatic N) is 1. The molecule has 1 aliphatic heterocycles. The molecule has 1 saturated heterocycles. The van der Waals surface area contributed by atoms with Gasteiger partial charge >= 0.3 is 0 Å². The summed E-state index contributed by atoms with van der Waals surface area (Å²) in [6, 6.07) is 11.2. The van der Waals surface area contributed by atoms with Crippen molar-refractivity contribution < 1.29 is 13.6 Å². The lowest BCUT2D eigenvalue weighted by Crippen LogP contribution is -2.45. The van der Waals surface area contributed by atoms with Gasteiger partial charge in [-0.25, -0.2) is 8.78 Å². The fraction of sp³-hybridized carbons (Fsp3) is 0.444. The van der Waals surface area contributed by atoms with Crippen molar-refractivity contribution in [2.45, 2.75) is 51.0 Å². The molecule has 0 radical (unpaired) electrons. The van der Waals surface area contributed by atoms with Crippen LogP contribution in [-0.2, 0) is 4.79 Å². The Morgan fingerprint density at radius 1 is 0.909 bits per heavy atom. The van der Waals surface area contributed by atoms with Gasteiger partial charge in [0, 0.05) is 43.9 Å². The average molecular weight is 458 g/mol. The van der Waals surface area contributed by atoms with Crippen LogP contribution >= 0.6 is 0 Å². The first kappa shape index (κ1) is 26.5. The van der Waals surface area contributed by atoms with E-state index < -0.39 is 11.6 Å². The predicted molar refractivity (Wildman–Crippen MR) is 133 cm³/mol. The summed E-state index contributed by atoms with van der Waals surface area (Å²) in [5.41, 5.74) is 8.13. The minimum absolute atomic E-state index is 0.320. The molecule has 0 spiro atoms. The molecule has 4 nitrogen and oxygen atoms in total. The first-order valence-corrected chi connectivity index (χ1v) is 11.7. The summed E-state index contributed by atoms with van der Waals surface area (Å²) in [5.74, 6) is -0.393. The number of amides is 1. The molecule has 0 unspecified atom stereocenters. The summed E-state index contributed by atoms with van der Waals surface area (Å²) in [6.07, 6.45) is 7.99. The Balaban J connectivity index is 0.000000218. The number of anilines is 1. The van der Waals surface area contributed by atoms with E-state index >= 15 is 0 Å². The second kappa shape index (κ2) is 13.7. The van der Waals surface area contributed by atoms with Crippen LogP contribution < -0.4 is 11.1 Å². The number of nitrogens with one attached hydrogen (secondary N) is 1. The van der Waals surface area contributed by atoms with Gasteiger partial charge < -0.3 is 16.0 Å². The Kier molecular flexibility index (Phi) is 11.0. The van der Waals surface area contributed by atoms with Crippen molar-refractivity contribution in [3.8, 4) is 11.1 Å². The standard InChI is InChI=1S/C13H11F2N.C12H22N2O.C2H4/c1-16-13-4-2-9(3-5-13)10-6-11(14)8-12(15)7-10;13-11-6-8-14(9-7-11)12(15)10-4-2-1-3-5-10;1-2/h2-8,16H,1H3;10-11H,1-9,13H2;1-2H2. The highest BCUT2D eigenvalue weighted by atomic mass is 19.1. The second-order valence-corrected chi connectivity index (χ2v) is 8.48. The normalized spacial score (nSPS) is 16.7. The zero-order valence-electron chi connectivity index (χ0n) is 19.7. The van der Waals surface area contributed by atoms with E-state index in [2.05, 4.69) is 18.5 Å². The minimum atomic E-state index is -0.562. The Morgan fingerprint density at radius 3 is 1.97 bits per heavy atom. The van der Waals surface area contributed by atoms with E-state index in [1.54, 1.807) is 0 Å². The van der Waals surface area contributed by atoms with E-state index in [-0.39, 0.29) is 0 Å². The molecule has 2 fully saturated rings. The van der Waals surface area contributed by atoms with Gasteiger partial charge in [0.05, 0.1) is 0 Å². The number of likely N-dealkylation sites (tertiary alicyclic amines) is 1. The molecule has 0 atom stereocenters. The van der Waals surface area contributed by atoms with E-state index in [4.69, 9.17) is 5.73 Å². The lowest BCUT2D eigenvalue weighted by atomic mass is 9.87. The number of rotatable bonds is 3. The fourth-order valence-corrected chi connectivity index (χ4v) is 4.28. The molecule has 1 aliphatic carbocycles. The molecule has 33 heavy (non-hydrogen) atoms. The van der Waals surface area contributed by atoms with Gasteiger partial charge in [-0.15, -0.1) is 13.2 Å². The number of hydrogen-bond donors (Lipinski definition) is 2. The number of piperidine rings is 1. The second-order valence-electron chi connectivity index (χ2n) is 8.48. The summed E-state index contributed by atoms with van der Waals surface area (Å²) < 4.78 is 26.0. The third kappa shape index (κ3) is 8.28. The van der Waals surface area contributed by atoms with E-state index in [1.165, 1.54) is 31.4 Å². The number of carbonyl (C=O) groups is 1. The van der Waals surface area contributed by atoms with Crippen LogP contribution in [0.1, 0.15) is 44.9 Å². The molecular formula is C27H37F2N3O. The van der Waals surface area contributed by atoms with E-state index in [1.807, 2.05) is 36.2 Å². The molecule has 180 valence electrons. The Hall–Kier alpha value is -2.73. The molecule has 3 N–H and O–H groups in total. The van der Waals surface area contributed by atoms with Gasteiger partial charge in [0.2, 0.25) is 5.91 Å². The number of hydrogen-bond acceptors (Lipinski definition) is 3. The van der Waals surface area contributed by atoms with Crippen LogP contribution in [0.15, 0.2) is 55.6 Å². The quantitative estimate of drug-likeness (QED) is 0.557. The van der Waals surface area contributed by atoms with Crippen molar-refractivity contribution in [2.75, 3.05) is 25.5 Å². The Bertz CT molecular complexity index is 838. The Morgan fingerprint density at radius 2 is 1.45 bits per heavy atom. The highest BCUT2D eigenvalue weighted by Gasteiger charge is 2.28. The first-order valence-electron chi connectivity index (χ1n) is 11.7. The topological polar surface area (TPSA) is 58.4 Å². The molecule has 0 bridgehead atoms. The van der Waals surface area contributed by atoms with Gasteiger partial charge in [0.15, 0.2) is 0 Å². The zero-order valence-corrected chi connectivity index (χ0v) is 19.7. The van der Waals surface area contributed by atoms with Crippen LogP contribution in [0.4, 0.5) is 14.5 Å². The van der Waals surface area contributed by atoms with Crippen LogP contribution in [0.3, 0.4) is 0 Å². The van der Waals surface area contributed by atoms with Gasteiger partial charge in [0.25, 0.3) is 0 Å². The fourth-order valence-electron chi connectivity index (χ4n) is 4.28. The lowest BCUT2D eigenvalue weighted by Gasteiger charge is -2.34. The molecule has 2 aromatic carbocycles. The maximum Gasteiger partial charge on any atom is 0.225 e. The average Bonchev–Trinajstić information content (AvgIpc) is 2.86. The number of halogens is 2. The molecule has 1 saturated carbocycles. The smallest absolute Gasteiger partial charge is 0.225 e. The van der Waals surface area contributed by atoms with Crippen molar-refractivity contribution in [2.24, 2.45) is 11.7 Å². The van der Waals surface area contributed by atoms with Crippen LogP contribution in [0.2, 0.25) is 0 Å². The molecule has 1 heterocycles. The van der Waals surface area contributed by atoms with Crippen LogP contribution in [0, 0.1) is 17.6 Å². The molecular weight excluding hydrogens is 420 g/mol. The summed E-state index contributed by atoms with van der Waals surface area (Å²) >= 11 is 0. The highest BCUT2D eigenvalue weighted by Crippen LogP contribution is 2.26. The van der Waals surface area contributed by atoms with Gasteiger partial charge in [-0.05, 0) is 61.1 Å². The van der Waals surface area contributed by atoms with Gasteiger partial charge in [-0.2, -0.15) is 0 Å². The van der Waals surface area contributed by atoms with Crippen LogP contribution in [0.5, 0.6) is 0 Å². The van der Waals surface area contributed by atoms with Gasteiger partial charge in [-0.3, -0.25) is 4.79 Å². The molecule has 4 rings (SSSR count). The molecule has 2 aromatic rings. The van der Waals surface area contributed by atoms with Crippen molar-refractivity contribution in [1.82, 2.24) is 4.90 Å². The number of nitrogens with two attached hydrogens (primary N) is 1. The summed E-state index contributed by atoms with van der Waals surface area (Å²) in [7, 11) is 1.82. The van der Waals surface area contributed by atoms with Crippen molar-refractivity contribution in [3.63, 3.8) is 0 Å². The monoisotopic (exact) mass is 457 g/mol. The van der Waals surface area contributed by atoms with Crippen molar-refractivity contribution in [3.05, 3.63) is 67.3 Å². The lowest BCUT2D eigenvalue weighted by molar-refractivity contribution is -0.137. The van der Waals surface area contributed by atoms with E-state index in [0.717, 1.165) is 56.1 Å².